The number of rotatable bonds is 0. The molecule has 68 valence electrons. The summed E-state index contributed by atoms with van der Waals surface area (Å²) in [5.41, 5.74) is 3.36. The highest BCUT2D eigenvalue weighted by Gasteiger charge is 2.55. The van der Waals surface area contributed by atoms with Crippen molar-refractivity contribution in [1.29, 1.82) is 0 Å². The lowest BCUT2D eigenvalue weighted by Crippen LogP contribution is -2.02. The summed E-state index contributed by atoms with van der Waals surface area (Å²) >= 11 is 0. The third-order valence-electron chi connectivity index (χ3n) is 3.92. The number of aryl methyl sites for hydroxylation is 1. The van der Waals surface area contributed by atoms with Crippen molar-refractivity contribution in [2.24, 2.45) is 5.92 Å². The third-order valence-corrected chi connectivity index (χ3v) is 3.92. The Labute approximate surface area is 78.4 Å². The van der Waals surface area contributed by atoms with Crippen LogP contribution in [0, 0.1) is 5.92 Å². The van der Waals surface area contributed by atoms with E-state index in [1.807, 2.05) is 12.1 Å². The Morgan fingerprint density at radius 2 is 2.23 bits per heavy atom. The van der Waals surface area contributed by atoms with Crippen LogP contribution in [-0.4, -0.2) is 5.11 Å². The Bertz CT molecular complexity index is 369. The number of fused-ring (bicyclic) bond motifs is 2. The number of phenols is 1. The van der Waals surface area contributed by atoms with Gasteiger partial charge in [-0.1, -0.05) is 13.0 Å². The first-order valence-corrected chi connectivity index (χ1v) is 5.05. The van der Waals surface area contributed by atoms with Crippen LogP contribution in [0.15, 0.2) is 18.2 Å². The molecule has 0 amide bonds. The minimum Gasteiger partial charge on any atom is -0.508 e. The van der Waals surface area contributed by atoms with Crippen LogP contribution in [0.2, 0.25) is 0 Å². The van der Waals surface area contributed by atoms with Crippen molar-refractivity contribution in [2.45, 2.75) is 31.6 Å². The zero-order valence-electron chi connectivity index (χ0n) is 7.88. The van der Waals surface area contributed by atoms with Gasteiger partial charge in [0.15, 0.2) is 0 Å². The van der Waals surface area contributed by atoms with E-state index >= 15 is 0 Å². The Morgan fingerprint density at radius 1 is 1.46 bits per heavy atom. The van der Waals surface area contributed by atoms with E-state index in [1.54, 1.807) is 0 Å². The fourth-order valence-corrected chi connectivity index (χ4v) is 2.95. The Kier molecular flexibility index (Phi) is 1.19. The van der Waals surface area contributed by atoms with Gasteiger partial charge in [-0.3, -0.25) is 0 Å². The summed E-state index contributed by atoms with van der Waals surface area (Å²) in [6.45, 7) is 2.32. The minimum absolute atomic E-state index is 0.430. The van der Waals surface area contributed by atoms with Crippen molar-refractivity contribution in [1.82, 2.24) is 0 Å². The summed E-state index contributed by atoms with van der Waals surface area (Å²) in [5, 5.41) is 9.44. The van der Waals surface area contributed by atoms with Crippen LogP contribution < -0.4 is 0 Å². The van der Waals surface area contributed by atoms with Crippen molar-refractivity contribution in [3.8, 4) is 5.75 Å². The number of benzene rings is 1. The molecule has 2 aliphatic carbocycles. The molecule has 0 unspecified atom stereocenters. The molecule has 0 aliphatic heterocycles. The summed E-state index contributed by atoms with van der Waals surface area (Å²) < 4.78 is 0. The van der Waals surface area contributed by atoms with Gasteiger partial charge in [0.05, 0.1) is 0 Å². The largest absolute Gasteiger partial charge is 0.508 e. The maximum Gasteiger partial charge on any atom is 0.115 e. The number of hydrogen-bond acceptors (Lipinski definition) is 1. The first-order chi connectivity index (χ1) is 6.22. The highest BCUT2D eigenvalue weighted by Crippen LogP contribution is 2.61. The van der Waals surface area contributed by atoms with E-state index in [1.165, 1.54) is 30.4 Å². The van der Waals surface area contributed by atoms with Gasteiger partial charge < -0.3 is 5.11 Å². The van der Waals surface area contributed by atoms with Crippen LogP contribution in [0.4, 0.5) is 0 Å². The molecule has 1 saturated carbocycles. The van der Waals surface area contributed by atoms with Gasteiger partial charge in [0, 0.05) is 0 Å². The highest BCUT2D eigenvalue weighted by atomic mass is 16.3. The lowest BCUT2D eigenvalue weighted by atomic mass is 9.96. The first kappa shape index (κ1) is 7.43. The van der Waals surface area contributed by atoms with Crippen molar-refractivity contribution in [2.75, 3.05) is 0 Å². The van der Waals surface area contributed by atoms with E-state index in [0.717, 1.165) is 5.92 Å². The van der Waals surface area contributed by atoms with Gasteiger partial charge in [-0.25, -0.2) is 0 Å². The summed E-state index contributed by atoms with van der Waals surface area (Å²) in [4.78, 5) is 0. The molecule has 0 saturated heterocycles. The van der Waals surface area contributed by atoms with Gasteiger partial charge in [-0.15, -0.1) is 0 Å². The highest BCUT2D eigenvalue weighted by molar-refractivity contribution is 5.48. The summed E-state index contributed by atoms with van der Waals surface area (Å²) in [6, 6.07) is 5.88. The van der Waals surface area contributed by atoms with Crippen LogP contribution in [-0.2, 0) is 11.8 Å². The summed E-state index contributed by atoms with van der Waals surface area (Å²) in [7, 11) is 0. The average molecular weight is 174 g/mol. The van der Waals surface area contributed by atoms with Crippen molar-refractivity contribution < 1.29 is 5.11 Å². The van der Waals surface area contributed by atoms with Crippen molar-refractivity contribution in [3.63, 3.8) is 0 Å². The van der Waals surface area contributed by atoms with Gasteiger partial charge in [0.1, 0.15) is 5.75 Å². The minimum atomic E-state index is 0.430. The van der Waals surface area contributed by atoms with Crippen molar-refractivity contribution in [3.05, 3.63) is 29.3 Å². The van der Waals surface area contributed by atoms with Gasteiger partial charge in [0.25, 0.3) is 0 Å². The van der Waals surface area contributed by atoms with Crippen LogP contribution in [0.25, 0.3) is 0 Å². The molecule has 1 nitrogen and oxygen atoms in total. The molecule has 1 heteroatoms. The Hall–Kier alpha value is -0.980. The second kappa shape index (κ2) is 2.09. The monoisotopic (exact) mass is 174 g/mol. The Morgan fingerprint density at radius 3 is 2.92 bits per heavy atom. The normalized spacial score (nSPS) is 35.0. The predicted molar refractivity (Wildman–Crippen MR) is 51.9 cm³/mol. The van der Waals surface area contributed by atoms with E-state index in [0.29, 0.717) is 11.2 Å². The molecule has 0 heterocycles. The molecule has 13 heavy (non-hydrogen) atoms. The average Bonchev–Trinajstić information content (AvgIpc) is 2.61. The first-order valence-electron chi connectivity index (χ1n) is 5.05. The van der Waals surface area contributed by atoms with E-state index in [2.05, 4.69) is 13.0 Å². The second-order valence-electron chi connectivity index (χ2n) is 4.60. The molecule has 3 rings (SSSR count). The molecule has 0 aromatic heterocycles. The lowest BCUT2D eigenvalue weighted by Gasteiger charge is -2.09. The maximum absolute atomic E-state index is 9.44. The summed E-state index contributed by atoms with van der Waals surface area (Å²) in [6.07, 6.45) is 3.83. The van der Waals surface area contributed by atoms with E-state index in [9.17, 15) is 5.11 Å². The fourth-order valence-electron chi connectivity index (χ4n) is 2.95. The molecular weight excluding hydrogens is 160 g/mol. The van der Waals surface area contributed by atoms with Crippen LogP contribution in [0.5, 0.6) is 5.75 Å². The molecule has 0 bridgehead atoms. The van der Waals surface area contributed by atoms with Gasteiger partial charge in [-0.05, 0) is 53.9 Å². The van der Waals surface area contributed by atoms with E-state index in [4.69, 9.17) is 0 Å². The molecule has 1 spiro atoms. The van der Waals surface area contributed by atoms with Gasteiger partial charge in [0.2, 0.25) is 0 Å². The molecule has 1 aromatic carbocycles. The fraction of sp³-hybridized carbons (Fsp3) is 0.500. The lowest BCUT2D eigenvalue weighted by molar-refractivity contribution is 0.473. The molecule has 1 aromatic rings. The van der Waals surface area contributed by atoms with Gasteiger partial charge >= 0.3 is 0 Å². The number of aromatic hydroxyl groups is 1. The zero-order chi connectivity index (χ0) is 9.05. The standard InChI is InChI=1S/C12H14O/c1-8-7-12(8)5-4-9-2-3-10(13)6-11(9)12/h2-3,6,8,13H,4-5,7H2,1H3/t8-,12+/m0/s1. The second-order valence-corrected chi connectivity index (χ2v) is 4.60. The van der Waals surface area contributed by atoms with Crippen LogP contribution >= 0.6 is 0 Å². The smallest absolute Gasteiger partial charge is 0.115 e. The molecule has 0 radical (unpaired) electrons. The Balaban J connectivity index is 2.15. The third kappa shape index (κ3) is 0.822. The predicted octanol–water partition coefficient (Wildman–Crippen LogP) is 2.62. The molecule has 2 aliphatic rings. The zero-order valence-corrected chi connectivity index (χ0v) is 7.88. The molecule has 1 N–H and O–H groups in total. The summed E-state index contributed by atoms with van der Waals surface area (Å²) in [5.74, 6) is 1.26. The van der Waals surface area contributed by atoms with Gasteiger partial charge in [-0.2, -0.15) is 0 Å². The number of hydrogen-bond donors (Lipinski definition) is 1. The molecule has 1 fully saturated rings. The molecule has 2 atom stereocenters. The SMILES string of the molecule is C[C@H]1C[C@]12CCc1ccc(O)cc12. The topological polar surface area (TPSA) is 20.2 Å². The molecular formula is C12H14O. The quantitative estimate of drug-likeness (QED) is 0.641. The number of phenolic OH excluding ortho intramolecular Hbond substituents is 1. The van der Waals surface area contributed by atoms with Crippen molar-refractivity contribution >= 4 is 0 Å². The van der Waals surface area contributed by atoms with Crippen LogP contribution in [0.3, 0.4) is 0 Å². The maximum atomic E-state index is 9.44. The van der Waals surface area contributed by atoms with E-state index < -0.39 is 0 Å². The van der Waals surface area contributed by atoms with E-state index in [-0.39, 0.29) is 0 Å². The van der Waals surface area contributed by atoms with Crippen LogP contribution in [0.1, 0.15) is 30.9 Å².